The number of nitrogens with two attached hydrogens (primary N) is 1. The fraction of sp³-hybridized carbons (Fsp3) is 0.750. The zero-order chi connectivity index (χ0) is 8.36. The van der Waals surface area contributed by atoms with E-state index in [9.17, 15) is 13.2 Å². The van der Waals surface area contributed by atoms with Crippen LogP contribution < -0.4 is 5.73 Å². The summed E-state index contributed by atoms with van der Waals surface area (Å²) in [5, 5.41) is -1.41. The van der Waals surface area contributed by atoms with E-state index in [0.29, 0.717) is 0 Å². The highest BCUT2D eigenvalue weighted by Crippen LogP contribution is 1.96. The summed E-state index contributed by atoms with van der Waals surface area (Å²) in [6.45, 7) is 0.714. The molecule has 3 N–H and O–H groups in total. The van der Waals surface area contributed by atoms with Gasteiger partial charge in [0.1, 0.15) is 5.25 Å². The van der Waals surface area contributed by atoms with E-state index < -0.39 is 21.2 Å². The molecule has 0 radical (unpaired) electrons. The van der Waals surface area contributed by atoms with Gasteiger partial charge in [-0.25, -0.2) is 0 Å². The number of Topliss-reactive ketones (excluding diaryl/α,β-unsaturated/α-hetero) is 1. The highest BCUT2D eigenvalue weighted by molar-refractivity contribution is 7.87. The van der Waals surface area contributed by atoms with Crippen LogP contribution in [0.15, 0.2) is 0 Å². The topological polar surface area (TPSA) is 97.5 Å². The van der Waals surface area contributed by atoms with Crippen LogP contribution in [0, 0.1) is 0 Å². The predicted molar refractivity (Wildman–Crippen MR) is 35.1 cm³/mol. The van der Waals surface area contributed by atoms with E-state index in [-0.39, 0.29) is 6.54 Å². The molecule has 0 bridgehead atoms. The molecule has 0 heterocycles. The second kappa shape index (κ2) is 3.09. The van der Waals surface area contributed by atoms with Crippen molar-refractivity contribution in [2.75, 3.05) is 6.54 Å². The average Bonchev–Trinajstić information content (AvgIpc) is 1.83. The lowest BCUT2D eigenvalue weighted by molar-refractivity contribution is -0.117. The first kappa shape index (κ1) is 9.54. The van der Waals surface area contributed by atoms with Crippen molar-refractivity contribution in [3.8, 4) is 0 Å². The zero-order valence-electron chi connectivity index (χ0n) is 5.44. The Morgan fingerprint density at radius 2 is 2.10 bits per heavy atom. The van der Waals surface area contributed by atoms with E-state index in [2.05, 4.69) is 0 Å². The quantitative estimate of drug-likeness (QED) is 0.514. The fourth-order valence-corrected chi connectivity index (χ4v) is 0.761. The maximum absolute atomic E-state index is 10.5. The van der Waals surface area contributed by atoms with Gasteiger partial charge in [-0.3, -0.25) is 9.35 Å². The molecule has 5 nitrogen and oxygen atoms in total. The predicted octanol–water partition coefficient (Wildman–Crippen LogP) is -1.21. The molecule has 0 aromatic carbocycles. The van der Waals surface area contributed by atoms with Gasteiger partial charge in [-0.2, -0.15) is 8.42 Å². The molecule has 0 aromatic heterocycles. The Morgan fingerprint density at radius 3 is 2.20 bits per heavy atom. The van der Waals surface area contributed by atoms with Crippen molar-refractivity contribution in [2.24, 2.45) is 5.73 Å². The van der Waals surface area contributed by atoms with Crippen molar-refractivity contribution in [3.05, 3.63) is 0 Å². The second-order valence-electron chi connectivity index (χ2n) is 1.83. The molecule has 0 aliphatic carbocycles. The van der Waals surface area contributed by atoms with Crippen molar-refractivity contribution in [2.45, 2.75) is 12.2 Å². The third-order valence-corrected chi connectivity index (χ3v) is 2.26. The Labute approximate surface area is 59.0 Å². The summed E-state index contributed by atoms with van der Waals surface area (Å²) < 4.78 is 28.7. The normalized spacial score (nSPS) is 14.7. The number of ketones is 1. The smallest absolute Gasteiger partial charge is 0.274 e. The highest BCUT2D eigenvalue weighted by Gasteiger charge is 2.23. The highest BCUT2D eigenvalue weighted by atomic mass is 32.2. The Balaban J connectivity index is 4.39. The fourth-order valence-electron chi connectivity index (χ4n) is 0.332. The molecule has 1 unspecified atom stereocenters. The van der Waals surface area contributed by atoms with Crippen molar-refractivity contribution >= 4 is 15.9 Å². The number of carbonyl (C=O) groups is 1. The van der Waals surface area contributed by atoms with Crippen molar-refractivity contribution in [1.82, 2.24) is 0 Å². The van der Waals surface area contributed by atoms with Crippen LogP contribution in [0.4, 0.5) is 0 Å². The van der Waals surface area contributed by atoms with Gasteiger partial charge in [-0.05, 0) is 6.92 Å². The first-order valence-electron chi connectivity index (χ1n) is 2.58. The molecule has 1 atom stereocenters. The SMILES string of the molecule is CC(C(=O)CN)S(=O)(=O)O. The van der Waals surface area contributed by atoms with Gasteiger partial charge in [-0.15, -0.1) is 0 Å². The molecule has 10 heavy (non-hydrogen) atoms. The maximum Gasteiger partial charge on any atom is 0.274 e. The summed E-state index contributed by atoms with van der Waals surface area (Å²) in [6.07, 6.45) is 0. The van der Waals surface area contributed by atoms with E-state index in [0.717, 1.165) is 6.92 Å². The Morgan fingerprint density at radius 1 is 1.70 bits per heavy atom. The standard InChI is InChI=1S/C4H9NO4S/c1-3(4(6)2-5)10(7,8)9/h3H,2,5H2,1H3,(H,7,8,9). The molecular weight excluding hydrogens is 158 g/mol. The summed E-state index contributed by atoms with van der Waals surface area (Å²) in [4.78, 5) is 10.5. The minimum absolute atomic E-state index is 0.374. The summed E-state index contributed by atoms with van der Waals surface area (Å²) in [5.74, 6) is -0.692. The van der Waals surface area contributed by atoms with Gasteiger partial charge in [-0.1, -0.05) is 0 Å². The maximum atomic E-state index is 10.5. The number of hydrogen-bond donors (Lipinski definition) is 2. The van der Waals surface area contributed by atoms with Crippen molar-refractivity contribution in [1.29, 1.82) is 0 Å². The van der Waals surface area contributed by atoms with Crippen LogP contribution in [0.1, 0.15) is 6.92 Å². The lowest BCUT2D eigenvalue weighted by atomic mass is 10.3. The molecule has 0 amide bonds. The van der Waals surface area contributed by atoms with Crippen LogP contribution in [-0.4, -0.2) is 30.5 Å². The van der Waals surface area contributed by atoms with Crippen LogP contribution in [0.3, 0.4) is 0 Å². The van der Waals surface area contributed by atoms with Gasteiger partial charge in [0.2, 0.25) is 0 Å². The summed E-state index contributed by atoms with van der Waals surface area (Å²) in [5.41, 5.74) is 4.84. The summed E-state index contributed by atoms with van der Waals surface area (Å²) in [7, 11) is -4.24. The second-order valence-corrected chi connectivity index (χ2v) is 3.56. The van der Waals surface area contributed by atoms with E-state index in [1.807, 2.05) is 0 Å². The monoisotopic (exact) mass is 167 g/mol. The first-order chi connectivity index (χ1) is 4.39. The summed E-state index contributed by atoms with van der Waals surface area (Å²) in [6, 6.07) is 0. The Bertz CT molecular complexity index is 219. The van der Waals surface area contributed by atoms with Crippen LogP contribution in [0.2, 0.25) is 0 Å². The van der Waals surface area contributed by atoms with Gasteiger partial charge < -0.3 is 5.73 Å². The summed E-state index contributed by atoms with van der Waals surface area (Å²) >= 11 is 0. The van der Waals surface area contributed by atoms with E-state index >= 15 is 0 Å². The van der Waals surface area contributed by atoms with Crippen molar-refractivity contribution < 1.29 is 17.8 Å². The van der Waals surface area contributed by atoms with Crippen LogP contribution in [0.25, 0.3) is 0 Å². The average molecular weight is 167 g/mol. The molecule has 0 aromatic rings. The molecule has 0 fully saturated rings. The Hall–Kier alpha value is -0.460. The number of rotatable bonds is 3. The molecule has 0 saturated heterocycles. The zero-order valence-corrected chi connectivity index (χ0v) is 6.26. The van der Waals surface area contributed by atoms with E-state index in [1.54, 1.807) is 0 Å². The molecule has 6 heteroatoms. The largest absolute Gasteiger partial charge is 0.324 e. The number of carbonyl (C=O) groups excluding carboxylic acids is 1. The lowest BCUT2D eigenvalue weighted by Crippen LogP contribution is -2.31. The molecule has 0 rings (SSSR count). The Kier molecular flexibility index (Phi) is 2.95. The van der Waals surface area contributed by atoms with E-state index in [1.165, 1.54) is 0 Å². The third-order valence-electron chi connectivity index (χ3n) is 1.10. The number of hydrogen-bond acceptors (Lipinski definition) is 4. The molecule has 0 saturated carbocycles. The minimum atomic E-state index is -4.24. The van der Waals surface area contributed by atoms with Crippen molar-refractivity contribution in [3.63, 3.8) is 0 Å². The van der Waals surface area contributed by atoms with Gasteiger partial charge >= 0.3 is 0 Å². The van der Waals surface area contributed by atoms with Gasteiger partial charge in [0, 0.05) is 0 Å². The van der Waals surface area contributed by atoms with Crippen LogP contribution in [0.5, 0.6) is 0 Å². The van der Waals surface area contributed by atoms with Gasteiger partial charge in [0.05, 0.1) is 6.54 Å². The molecular formula is C4H9NO4S. The molecule has 0 spiro atoms. The van der Waals surface area contributed by atoms with Gasteiger partial charge in [0.15, 0.2) is 5.78 Å². The van der Waals surface area contributed by atoms with Gasteiger partial charge in [0.25, 0.3) is 10.1 Å². The third kappa shape index (κ3) is 2.42. The van der Waals surface area contributed by atoms with Crippen LogP contribution in [-0.2, 0) is 14.9 Å². The van der Waals surface area contributed by atoms with E-state index in [4.69, 9.17) is 10.3 Å². The minimum Gasteiger partial charge on any atom is -0.324 e. The first-order valence-corrected chi connectivity index (χ1v) is 4.09. The molecule has 0 aliphatic heterocycles. The molecule has 60 valence electrons. The van der Waals surface area contributed by atoms with Crippen LogP contribution >= 0.6 is 0 Å². The lowest BCUT2D eigenvalue weighted by Gasteiger charge is -2.02. The molecule has 0 aliphatic rings.